The second-order valence-electron chi connectivity index (χ2n) is 9.21. The number of rotatable bonds is 4. The Kier molecular flexibility index (Phi) is 9.20. The molecule has 1 aromatic heterocycles. The summed E-state index contributed by atoms with van der Waals surface area (Å²) in [5, 5.41) is 5.63. The fourth-order valence-corrected chi connectivity index (χ4v) is 5.16. The number of fused-ring (bicyclic) bond motifs is 4. The van der Waals surface area contributed by atoms with Crippen LogP contribution in [0.2, 0.25) is 0 Å². The molecule has 2 heterocycles. The first-order valence-electron chi connectivity index (χ1n) is 12.6. The second-order valence-corrected chi connectivity index (χ2v) is 11.2. The second kappa shape index (κ2) is 12.8. The third-order valence-corrected chi connectivity index (χ3v) is 7.57. The van der Waals surface area contributed by atoms with Gasteiger partial charge in [-0.25, -0.2) is 13.4 Å². The first-order chi connectivity index (χ1) is 18.7. The Morgan fingerprint density at radius 2 is 1.92 bits per heavy atom. The van der Waals surface area contributed by atoms with E-state index in [1.54, 1.807) is 19.4 Å². The highest BCUT2D eigenvalue weighted by Gasteiger charge is 2.25. The van der Waals surface area contributed by atoms with Crippen LogP contribution in [0.15, 0.2) is 60.9 Å². The number of sulfonamides is 1. The lowest BCUT2D eigenvalue weighted by Gasteiger charge is -2.23. The Morgan fingerprint density at radius 3 is 2.67 bits per heavy atom. The molecule has 2 N–H and O–H groups in total. The molecular weight excluding hydrogens is 522 g/mol. The van der Waals surface area contributed by atoms with Crippen molar-refractivity contribution in [3.05, 3.63) is 66.5 Å². The van der Waals surface area contributed by atoms with Crippen LogP contribution in [0.1, 0.15) is 12.0 Å². The van der Waals surface area contributed by atoms with Gasteiger partial charge in [0.15, 0.2) is 11.5 Å². The summed E-state index contributed by atoms with van der Waals surface area (Å²) in [6, 6.07) is 13.9. The highest BCUT2D eigenvalue weighted by atomic mass is 32.2. The lowest BCUT2D eigenvalue weighted by molar-refractivity contribution is -0.129. The molecule has 0 spiro atoms. The van der Waals surface area contributed by atoms with Gasteiger partial charge in [-0.05, 0) is 30.2 Å². The highest BCUT2D eigenvalue weighted by molar-refractivity contribution is 7.88. The monoisotopic (exact) mass is 555 g/mol. The topological polar surface area (TPSA) is 132 Å². The smallest absolute Gasteiger partial charge is 0.242 e. The minimum Gasteiger partial charge on any atom is -0.493 e. The third kappa shape index (κ3) is 7.58. The van der Waals surface area contributed by atoms with Crippen molar-refractivity contribution in [2.75, 3.05) is 39.6 Å². The van der Waals surface area contributed by atoms with Crippen LogP contribution in [0, 0.1) is 0 Å². The minimum absolute atomic E-state index is 0.0637. The van der Waals surface area contributed by atoms with Gasteiger partial charge in [0.2, 0.25) is 21.8 Å². The minimum atomic E-state index is -3.69. The summed E-state index contributed by atoms with van der Waals surface area (Å²) in [6.45, 7) is 0.583. The zero-order valence-electron chi connectivity index (χ0n) is 22.0. The van der Waals surface area contributed by atoms with Crippen LogP contribution in [0.25, 0.3) is 11.4 Å². The van der Waals surface area contributed by atoms with Gasteiger partial charge >= 0.3 is 0 Å². The van der Waals surface area contributed by atoms with Crippen LogP contribution in [0.3, 0.4) is 0 Å². The van der Waals surface area contributed by atoms with E-state index in [9.17, 15) is 18.0 Å². The predicted octanol–water partition coefficient (Wildman–Crippen LogP) is 1.45. The van der Waals surface area contributed by atoms with Crippen molar-refractivity contribution < 1.29 is 27.5 Å². The molecule has 2 amide bonds. The zero-order valence-corrected chi connectivity index (χ0v) is 22.8. The lowest BCUT2D eigenvalue weighted by Crippen LogP contribution is -2.51. The molecule has 0 fully saturated rings. The molecule has 0 aliphatic carbocycles. The third-order valence-electron chi connectivity index (χ3n) is 6.32. The van der Waals surface area contributed by atoms with E-state index in [0.717, 1.165) is 21.7 Å². The van der Waals surface area contributed by atoms with Crippen molar-refractivity contribution in [1.29, 1.82) is 0 Å². The number of aromatic nitrogens is 2. The number of imidazole rings is 1. The van der Waals surface area contributed by atoms with Crippen molar-refractivity contribution in [3.8, 4) is 22.9 Å². The molecule has 0 radical (unpaired) electrons. The number of hydrogen-bond donors (Lipinski definition) is 2. The predicted molar refractivity (Wildman–Crippen MR) is 146 cm³/mol. The Bertz CT molecular complexity index is 1390. The first-order valence-corrected chi connectivity index (χ1v) is 14.5. The summed E-state index contributed by atoms with van der Waals surface area (Å²) in [4.78, 5) is 30.6. The number of nitrogens with zero attached hydrogens (tertiary/aromatic N) is 3. The van der Waals surface area contributed by atoms with Gasteiger partial charge in [0, 0.05) is 44.0 Å². The molecule has 208 valence electrons. The number of amides is 2. The van der Waals surface area contributed by atoms with Crippen LogP contribution >= 0.6 is 0 Å². The quantitative estimate of drug-likeness (QED) is 0.498. The van der Waals surface area contributed by atoms with E-state index in [4.69, 9.17) is 9.47 Å². The summed E-state index contributed by atoms with van der Waals surface area (Å²) in [7, 11) is -2.15. The molecule has 1 aliphatic rings. The number of hydrogen-bond acceptors (Lipinski definition) is 7. The van der Waals surface area contributed by atoms with Crippen molar-refractivity contribution >= 4 is 21.8 Å². The normalized spacial score (nSPS) is 18.1. The molecule has 4 rings (SSSR count). The molecule has 0 saturated heterocycles. The number of methoxy groups -OCH3 is 1. The van der Waals surface area contributed by atoms with Gasteiger partial charge in [0.05, 0.1) is 26.5 Å². The molecule has 11 nitrogen and oxygen atoms in total. The van der Waals surface area contributed by atoms with Crippen molar-refractivity contribution in [3.63, 3.8) is 0 Å². The van der Waals surface area contributed by atoms with E-state index in [0.29, 0.717) is 36.8 Å². The largest absolute Gasteiger partial charge is 0.493 e. The summed E-state index contributed by atoms with van der Waals surface area (Å²) in [6.07, 6.45) is 5.15. The summed E-state index contributed by atoms with van der Waals surface area (Å²) in [5.74, 6) is 0.787. The molecule has 3 aromatic rings. The van der Waals surface area contributed by atoms with Crippen molar-refractivity contribution in [2.24, 2.45) is 0 Å². The number of benzene rings is 2. The van der Waals surface area contributed by atoms with E-state index in [2.05, 4.69) is 15.6 Å². The Morgan fingerprint density at radius 1 is 1.13 bits per heavy atom. The number of carbonyl (C=O) groups excluding carboxylic acids is 2. The van der Waals surface area contributed by atoms with E-state index >= 15 is 0 Å². The van der Waals surface area contributed by atoms with Crippen LogP contribution < -0.4 is 20.1 Å². The number of carbonyl (C=O) groups is 2. The Labute approximate surface area is 228 Å². The van der Waals surface area contributed by atoms with Gasteiger partial charge in [0.1, 0.15) is 11.9 Å². The van der Waals surface area contributed by atoms with Crippen molar-refractivity contribution in [2.45, 2.75) is 25.4 Å². The average Bonchev–Trinajstić information content (AvgIpc) is 3.38. The molecule has 2 bridgehead atoms. The summed E-state index contributed by atoms with van der Waals surface area (Å²) < 4.78 is 39.2. The Hall–Kier alpha value is -3.90. The van der Waals surface area contributed by atoms with Gasteiger partial charge in [-0.15, -0.1) is 0 Å². The van der Waals surface area contributed by atoms with Gasteiger partial charge in [-0.2, -0.15) is 4.31 Å². The van der Waals surface area contributed by atoms with E-state index in [1.165, 1.54) is 0 Å². The molecular formula is C27H33N5O6S. The summed E-state index contributed by atoms with van der Waals surface area (Å²) in [5.41, 5.74) is 1.67. The van der Waals surface area contributed by atoms with Crippen molar-refractivity contribution in [1.82, 2.24) is 24.5 Å². The van der Waals surface area contributed by atoms with E-state index in [-0.39, 0.29) is 25.5 Å². The van der Waals surface area contributed by atoms with E-state index < -0.39 is 28.5 Å². The average molecular weight is 556 g/mol. The summed E-state index contributed by atoms with van der Waals surface area (Å²) >= 11 is 0. The van der Waals surface area contributed by atoms with Crippen LogP contribution in [-0.2, 0) is 32.6 Å². The number of nitrogens with one attached hydrogen (secondary N) is 2. The molecule has 2 aromatic carbocycles. The number of ether oxygens (including phenoxy) is 2. The highest BCUT2D eigenvalue weighted by Crippen LogP contribution is 2.32. The van der Waals surface area contributed by atoms with Gasteiger partial charge in [0.25, 0.3) is 0 Å². The fraction of sp³-hybridized carbons (Fsp3) is 0.370. The van der Waals surface area contributed by atoms with Crippen LogP contribution in [0.5, 0.6) is 11.5 Å². The van der Waals surface area contributed by atoms with Gasteiger partial charge < -0.3 is 24.7 Å². The molecule has 0 unspecified atom stereocenters. The van der Waals surface area contributed by atoms with Gasteiger partial charge in [-0.3, -0.25) is 9.59 Å². The maximum atomic E-state index is 13.2. The fourth-order valence-electron chi connectivity index (χ4n) is 4.35. The Balaban J connectivity index is 1.62. The SMILES string of the molecule is COc1ccc2cc1OCCCN(S(C)(=O)=O)CC(=O)N[C@@H](Cc1ccccc1)C(=O)NCCn1ccnc1-2. The molecule has 39 heavy (non-hydrogen) atoms. The lowest BCUT2D eigenvalue weighted by atomic mass is 10.1. The van der Waals surface area contributed by atoms with Gasteiger partial charge in [-0.1, -0.05) is 30.3 Å². The maximum Gasteiger partial charge on any atom is 0.242 e. The van der Waals surface area contributed by atoms with E-state index in [1.807, 2.05) is 53.2 Å². The van der Waals surface area contributed by atoms with Crippen LogP contribution in [-0.4, -0.2) is 79.7 Å². The standard InChI is InChI=1S/C27H33N5O6S/c1-37-23-10-9-21-18-24(23)38-16-6-13-32(39(2,35)36)19-25(33)30-22(17-20-7-4-3-5-8-20)27(34)29-12-15-31-14-11-28-26(21)31/h3-5,7-11,14,18,22H,6,12-13,15-17,19H2,1-2H3,(H,29,34)(H,30,33)/t22-/m0/s1. The van der Waals surface area contributed by atoms with Crippen LogP contribution in [0.4, 0.5) is 0 Å². The first kappa shape index (κ1) is 28.1. The zero-order chi connectivity index (χ0) is 27.8. The maximum absolute atomic E-state index is 13.2. The molecule has 12 heteroatoms. The molecule has 1 aliphatic heterocycles. The molecule has 0 saturated carbocycles. The molecule has 1 atom stereocenters.